The summed E-state index contributed by atoms with van der Waals surface area (Å²) in [6.45, 7) is 6.55. The first-order chi connectivity index (χ1) is 11.1. The highest BCUT2D eigenvalue weighted by molar-refractivity contribution is 6.31. The number of halogens is 1. The molecule has 1 aromatic rings. The van der Waals surface area contributed by atoms with Crippen molar-refractivity contribution in [2.24, 2.45) is 0 Å². The van der Waals surface area contributed by atoms with Gasteiger partial charge in [-0.15, -0.1) is 0 Å². The minimum Gasteiger partial charge on any atom is -0.465 e. The highest BCUT2D eigenvalue weighted by Gasteiger charge is 2.23. The molecule has 0 atom stereocenters. The zero-order chi connectivity index (χ0) is 16.2. The maximum absolute atomic E-state index is 11.0. The van der Waals surface area contributed by atoms with Crippen LogP contribution in [0, 0.1) is 0 Å². The lowest BCUT2D eigenvalue weighted by Gasteiger charge is -2.35. The van der Waals surface area contributed by atoms with E-state index in [-0.39, 0.29) is 0 Å². The summed E-state index contributed by atoms with van der Waals surface area (Å²) in [6, 6.07) is 6.02. The molecule has 2 heterocycles. The predicted octanol–water partition coefficient (Wildman–Crippen LogP) is 1.97. The lowest BCUT2D eigenvalue weighted by atomic mass is 10.1. The van der Waals surface area contributed by atoms with Crippen LogP contribution in [0.25, 0.3) is 0 Å². The second kappa shape index (κ2) is 7.38. The Labute approximate surface area is 141 Å². The Morgan fingerprint density at radius 2 is 1.83 bits per heavy atom. The van der Waals surface area contributed by atoms with Gasteiger partial charge in [-0.25, -0.2) is 4.79 Å². The number of amides is 1. The highest BCUT2D eigenvalue weighted by Crippen LogP contribution is 2.29. The Kier molecular flexibility index (Phi) is 5.25. The van der Waals surface area contributed by atoms with E-state index in [4.69, 9.17) is 21.4 Å². The standard InChI is InChI=1S/C16H22ClN3O3/c17-14-2-1-3-15(19-8-10-23-11-9-19)13(14)12-18-4-6-20(7-5-18)16(21)22/h1-3H,4-12H2,(H,21,22). The molecule has 2 fully saturated rings. The lowest BCUT2D eigenvalue weighted by molar-refractivity contribution is 0.103. The van der Waals surface area contributed by atoms with E-state index in [2.05, 4.69) is 15.9 Å². The fourth-order valence-corrected chi connectivity index (χ4v) is 3.35. The lowest BCUT2D eigenvalue weighted by Crippen LogP contribution is -2.48. The Balaban J connectivity index is 1.71. The Bertz CT molecular complexity index is 556. The van der Waals surface area contributed by atoms with Gasteiger partial charge in [-0.05, 0) is 12.1 Å². The summed E-state index contributed by atoms with van der Waals surface area (Å²) in [7, 11) is 0. The normalized spacial score (nSPS) is 19.9. The number of carbonyl (C=O) groups is 1. The summed E-state index contributed by atoms with van der Waals surface area (Å²) in [6.07, 6.45) is -0.837. The zero-order valence-corrected chi connectivity index (χ0v) is 13.8. The molecule has 1 N–H and O–H groups in total. The maximum Gasteiger partial charge on any atom is 0.407 e. The molecule has 126 valence electrons. The number of carboxylic acid groups (broad SMARTS) is 1. The third kappa shape index (κ3) is 3.88. The first kappa shape index (κ1) is 16.4. The summed E-state index contributed by atoms with van der Waals surface area (Å²) in [5.74, 6) is 0. The van der Waals surface area contributed by atoms with Gasteiger partial charge in [0.2, 0.25) is 0 Å². The van der Waals surface area contributed by atoms with Crippen LogP contribution in [0.1, 0.15) is 5.56 Å². The molecule has 0 bridgehead atoms. The van der Waals surface area contributed by atoms with E-state index in [0.29, 0.717) is 13.1 Å². The SMILES string of the molecule is O=C(O)N1CCN(Cc2c(Cl)cccc2N2CCOCC2)CC1. The van der Waals surface area contributed by atoms with Crippen LogP contribution in [0.3, 0.4) is 0 Å². The minimum atomic E-state index is -0.837. The average Bonchev–Trinajstić information content (AvgIpc) is 2.58. The molecule has 2 aliphatic rings. The van der Waals surface area contributed by atoms with Crippen LogP contribution in [0.2, 0.25) is 5.02 Å². The van der Waals surface area contributed by atoms with E-state index in [9.17, 15) is 4.79 Å². The molecule has 0 saturated carbocycles. The van der Waals surface area contributed by atoms with Gasteiger partial charge in [-0.1, -0.05) is 17.7 Å². The van der Waals surface area contributed by atoms with Crippen molar-refractivity contribution in [3.63, 3.8) is 0 Å². The molecule has 1 aromatic carbocycles. The van der Waals surface area contributed by atoms with Crippen molar-refractivity contribution in [1.29, 1.82) is 0 Å². The van der Waals surface area contributed by atoms with Crippen molar-refractivity contribution in [3.8, 4) is 0 Å². The quantitative estimate of drug-likeness (QED) is 0.912. The van der Waals surface area contributed by atoms with E-state index in [0.717, 1.165) is 56.5 Å². The topological polar surface area (TPSA) is 56.2 Å². The van der Waals surface area contributed by atoms with E-state index in [1.165, 1.54) is 10.6 Å². The van der Waals surface area contributed by atoms with E-state index >= 15 is 0 Å². The molecular weight excluding hydrogens is 318 g/mol. The van der Waals surface area contributed by atoms with Gasteiger partial charge in [0, 0.05) is 62.1 Å². The molecule has 6 nitrogen and oxygen atoms in total. The smallest absolute Gasteiger partial charge is 0.407 e. The summed E-state index contributed by atoms with van der Waals surface area (Å²) in [4.78, 5) is 17.1. The summed E-state index contributed by atoms with van der Waals surface area (Å²) in [5, 5.41) is 9.81. The van der Waals surface area contributed by atoms with Crippen LogP contribution < -0.4 is 4.90 Å². The van der Waals surface area contributed by atoms with Gasteiger partial charge in [-0.3, -0.25) is 4.90 Å². The molecule has 23 heavy (non-hydrogen) atoms. The number of nitrogens with zero attached hydrogens (tertiary/aromatic N) is 3. The van der Waals surface area contributed by atoms with Gasteiger partial charge in [0.1, 0.15) is 0 Å². The zero-order valence-electron chi connectivity index (χ0n) is 13.1. The van der Waals surface area contributed by atoms with Crippen LogP contribution in [-0.4, -0.2) is 73.5 Å². The van der Waals surface area contributed by atoms with E-state index in [1.54, 1.807) is 0 Å². The minimum absolute atomic E-state index is 0.548. The Morgan fingerprint density at radius 3 is 2.48 bits per heavy atom. The van der Waals surface area contributed by atoms with Crippen molar-refractivity contribution in [2.45, 2.75) is 6.54 Å². The van der Waals surface area contributed by atoms with E-state index < -0.39 is 6.09 Å². The number of rotatable bonds is 3. The molecule has 3 rings (SSSR count). The molecule has 1 amide bonds. The van der Waals surface area contributed by atoms with Crippen molar-refractivity contribution < 1.29 is 14.6 Å². The van der Waals surface area contributed by atoms with Gasteiger partial charge >= 0.3 is 6.09 Å². The molecule has 0 radical (unpaired) electrons. The number of piperazine rings is 1. The van der Waals surface area contributed by atoms with Crippen LogP contribution in [0.4, 0.5) is 10.5 Å². The summed E-state index contributed by atoms with van der Waals surface area (Å²) < 4.78 is 5.43. The largest absolute Gasteiger partial charge is 0.465 e. The fourth-order valence-electron chi connectivity index (χ4n) is 3.13. The number of anilines is 1. The molecule has 0 spiro atoms. The van der Waals surface area contributed by atoms with Gasteiger partial charge in [0.15, 0.2) is 0 Å². The number of hydrogen-bond acceptors (Lipinski definition) is 4. The van der Waals surface area contributed by atoms with Crippen LogP contribution in [0.5, 0.6) is 0 Å². The molecule has 7 heteroatoms. The first-order valence-corrected chi connectivity index (χ1v) is 8.33. The number of morpholine rings is 1. The molecule has 0 unspecified atom stereocenters. The van der Waals surface area contributed by atoms with Crippen LogP contribution >= 0.6 is 11.6 Å². The second-order valence-electron chi connectivity index (χ2n) is 5.88. The number of hydrogen-bond donors (Lipinski definition) is 1. The van der Waals surface area contributed by atoms with Crippen molar-refractivity contribution in [2.75, 3.05) is 57.4 Å². The number of ether oxygens (including phenoxy) is 1. The van der Waals surface area contributed by atoms with Crippen molar-refractivity contribution in [3.05, 3.63) is 28.8 Å². The third-order valence-corrected chi connectivity index (χ3v) is 4.82. The van der Waals surface area contributed by atoms with Gasteiger partial charge in [0.05, 0.1) is 13.2 Å². The monoisotopic (exact) mass is 339 g/mol. The average molecular weight is 340 g/mol. The second-order valence-corrected chi connectivity index (χ2v) is 6.29. The van der Waals surface area contributed by atoms with Gasteiger partial charge in [0.25, 0.3) is 0 Å². The first-order valence-electron chi connectivity index (χ1n) is 7.95. The van der Waals surface area contributed by atoms with Gasteiger partial charge in [-0.2, -0.15) is 0 Å². The summed E-state index contributed by atoms with van der Waals surface area (Å²) in [5.41, 5.74) is 2.29. The molecular formula is C16H22ClN3O3. The Hall–Kier alpha value is -1.50. The number of benzene rings is 1. The van der Waals surface area contributed by atoms with E-state index in [1.807, 2.05) is 12.1 Å². The maximum atomic E-state index is 11.0. The Morgan fingerprint density at radius 1 is 1.13 bits per heavy atom. The molecule has 0 aromatic heterocycles. The molecule has 2 saturated heterocycles. The predicted molar refractivity (Wildman–Crippen MR) is 89.4 cm³/mol. The van der Waals surface area contributed by atoms with Crippen molar-refractivity contribution in [1.82, 2.24) is 9.80 Å². The van der Waals surface area contributed by atoms with Crippen LogP contribution in [0.15, 0.2) is 18.2 Å². The molecule has 2 aliphatic heterocycles. The van der Waals surface area contributed by atoms with Crippen LogP contribution in [-0.2, 0) is 11.3 Å². The highest BCUT2D eigenvalue weighted by atomic mass is 35.5. The van der Waals surface area contributed by atoms with Crippen molar-refractivity contribution >= 4 is 23.4 Å². The van der Waals surface area contributed by atoms with Gasteiger partial charge < -0.3 is 19.6 Å². The summed E-state index contributed by atoms with van der Waals surface area (Å²) >= 11 is 6.46. The third-order valence-electron chi connectivity index (χ3n) is 4.47. The molecule has 0 aliphatic carbocycles. The fraction of sp³-hybridized carbons (Fsp3) is 0.562.